The van der Waals surface area contributed by atoms with E-state index in [-0.39, 0.29) is 11.6 Å². The fourth-order valence-corrected chi connectivity index (χ4v) is 4.07. The second-order valence-corrected chi connectivity index (χ2v) is 8.32. The molecule has 0 aliphatic carbocycles. The molecule has 5 nitrogen and oxygen atoms in total. The quantitative estimate of drug-likeness (QED) is 0.712. The lowest BCUT2D eigenvalue weighted by molar-refractivity contribution is 0.237. The van der Waals surface area contributed by atoms with Gasteiger partial charge in [0.2, 0.25) is 0 Å². The lowest BCUT2D eigenvalue weighted by Crippen LogP contribution is -2.55. The van der Waals surface area contributed by atoms with E-state index in [0.717, 1.165) is 36.3 Å². The summed E-state index contributed by atoms with van der Waals surface area (Å²) in [4.78, 5) is 19.6. The Morgan fingerprint density at radius 1 is 1.17 bits per heavy atom. The number of nitrogens with zero attached hydrogens (tertiary/aromatic N) is 3. The first-order valence-corrected chi connectivity index (χ1v) is 10.2. The Hall–Kier alpha value is -3.08. The van der Waals surface area contributed by atoms with Crippen molar-refractivity contribution in [2.75, 3.05) is 11.4 Å². The number of amides is 2. The Labute approximate surface area is 172 Å². The molecule has 0 saturated heterocycles. The summed E-state index contributed by atoms with van der Waals surface area (Å²) in [5, 5.41) is 3.13. The zero-order valence-electron chi connectivity index (χ0n) is 17.4. The molecule has 1 aliphatic heterocycles. The molecular formula is C24H28N4O. The number of hydrogen-bond donors (Lipinski definition) is 1. The van der Waals surface area contributed by atoms with E-state index < -0.39 is 0 Å². The lowest BCUT2D eigenvalue weighted by Gasteiger charge is -2.43. The van der Waals surface area contributed by atoms with Gasteiger partial charge in [0, 0.05) is 42.8 Å². The number of imidazole rings is 1. The number of carbonyl (C=O) groups is 1. The van der Waals surface area contributed by atoms with Gasteiger partial charge in [0.15, 0.2) is 0 Å². The number of fused-ring (bicyclic) bond motifs is 1. The van der Waals surface area contributed by atoms with Gasteiger partial charge < -0.3 is 9.88 Å². The van der Waals surface area contributed by atoms with Crippen molar-refractivity contribution in [3.8, 4) is 11.4 Å². The number of urea groups is 1. The van der Waals surface area contributed by atoms with Crippen LogP contribution < -0.4 is 10.2 Å². The molecule has 0 radical (unpaired) electrons. The second kappa shape index (κ2) is 7.74. The van der Waals surface area contributed by atoms with Crippen LogP contribution in [-0.4, -0.2) is 27.7 Å². The van der Waals surface area contributed by atoms with Gasteiger partial charge in [0.1, 0.15) is 5.82 Å². The smallest absolute Gasteiger partial charge is 0.322 e. The molecule has 2 aromatic carbocycles. The van der Waals surface area contributed by atoms with E-state index in [1.165, 1.54) is 11.1 Å². The minimum Gasteiger partial charge on any atom is -0.337 e. The third-order valence-electron chi connectivity index (χ3n) is 5.75. The SMILES string of the molecule is Cn1ccnc1-c1ccc2c(c1)N(C(=O)NCCc1ccccc1)C(C)(C)CC2. The first-order valence-electron chi connectivity index (χ1n) is 10.2. The van der Waals surface area contributed by atoms with Gasteiger partial charge >= 0.3 is 6.03 Å². The van der Waals surface area contributed by atoms with Crippen molar-refractivity contribution in [2.24, 2.45) is 7.05 Å². The summed E-state index contributed by atoms with van der Waals surface area (Å²) in [6.45, 7) is 4.89. The summed E-state index contributed by atoms with van der Waals surface area (Å²) in [6.07, 6.45) is 6.46. The molecule has 29 heavy (non-hydrogen) atoms. The highest BCUT2D eigenvalue weighted by molar-refractivity contribution is 5.95. The van der Waals surface area contributed by atoms with Crippen molar-refractivity contribution in [3.05, 3.63) is 72.1 Å². The molecule has 0 unspecified atom stereocenters. The Morgan fingerprint density at radius 2 is 1.97 bits per heavy atom. The van der Waals surface area contributed by atoms with Gasteiger partial charge in [-0.15, -0.1) is 0 Å². The van der Waals surface area contributed by atoms with Crippen molar-refractivity contribution in [1.82, 2.24) is 14.9 Å². The number of carbonyl (C=O) groups excluding carboxylic acids is 1. The summed E-state index contributed by atoms with van der Waals surface area (Å²) < 4.78 is 2.00. The van der Waals surface area contributed by atoms with Crippen LogP contribution in [0.3, 0.4) is 0 Å². The van der Waals surface area contributed by atoms with Crippen molar-refractivity contribution in [3.63, 3.8) is 0 Å². The molecule has 2 amide bonds. The Bertz CT molecular complexity index is 1010. The summed E-state index contributed by atoms with van der Waals surface area (Å²) >= 11 is 0. The van der Waals surface area contributed by atoms with Crippen LogP contribution in [0.1, 0.15) is 31.4 Å². The molecular weight excluding hydrogens is 360 g/mol. The van der Waals surface area contributed by atoms with Crippen LogP contribution in [0.25, 0.3) is 11.4 Å². The Balaban J connectivity index is 1.58. The van der Waals surface area contributed by atoms with Gasteiger partial charge in [0.25, 0.3) is 0 Å². The summed E-state index contributed by atoms with van der Waals surface area (Å²) in [5.74, 6) is 0.903. The summed E-state index contributed by atoms with van der Waals surface area (Å²) in [7, 11) is 1.99. The molecule has 0 atom stereocenters. The monoisotopic (exact) mass is 388 g/mol. The number of benzene rings is 2. The Morgan fingerprint density at radius 3 is 2.69 bits per heavy atom. The minimum atomic E-state index is -0.246. The minimum absolute atomic E-state index is 0.0381. The first-order chi connectivity index (χ1) is 14.0. The molecule has 1 N–H and O–H groups in total. The fraction of sp³-hybridized carbons (Fsp3) is 0.333. The van der Waals surface area contributed by atoms with Crippen LogP contribution in [-0.2, 0) is 19.9 Å². The van der Waals surface area contributed by atoms with Crippen LogP contribution in [0.15, 0.2) is 60.9 Å². The van der Waals surface area contributed by atoms with Gasteiger partial charge in [-0.2, -0.15) is 0 Å². The third-order valence-corrected chi connectivity index (χ3v) is 5.75. The van der Waals surface area contributed by atoms with Crippen LogP contribution in [0, 0.1) is 0 Å². The topological polar surface area (TPSA) is 50.2 Å². The predicted molar refractivity (Wildman–Crippen MR) is 117 cm³/mol. The normalized spacial score (nSPS) is 15.1. The molecule has 1 aromatic heterocycles. The second-order valence-electron chi connectivity index (χ2n) is 8.32. The highest BCUT2D eigenvalue weighted by Gasteiger charge is 2.37. The summed E-state index contributed by atoms with van der Waals surface area (Å²) in [6, 6.07) is 16.6. The molecule has 0 bridgehead atoms. The van der Waals surface area contributed by atoms with Crippen LogP contribution in [0.5, 0.6) is 0 Å². The molecule has 2 heterocycles. The number of nitrogens with one attached hydrogen (secondary N) is 1. The molecule has 1 aliphatic rings. The number of hydrogen-bond acceptors (Lipinski definition) is 2. The van der Waals surface area contributed by atoms with Crippen LogP contribution in [0.2, 0.25) is 0 Å². The van der Waals surface area contributed by atoms with E-state index in [1.54, 1.807) is 6.20 Å². The van der Waals surface area contributed by atoms with Gasteiger partial charge in [-0.25, -0.2) is 9.78 Å². The fourth-order valence-electron chi connectivity index (χ4n) is 4.07. The van der Waals surface area contributed by atoms with Crippen molar-refractivity contribution < 1.29 is 4.79 Å². The molecule has 4 rings (SSSR count). The van der Waals surface area contributed by atoms with E-state index in [9.17, 15) is 4.79 Å². The van der Waals surface area contributed by atoms with E-state index in [2.05, 4.69) is 54.5 Å². The summed E-state index contributed by atoms with van der Waals surface area (Å²) in [5.41, 5.74) is 4.20. The van der Waals surface area contributed by atoms with E-state index in [1.807, 2.05) is 40.9 Å². The third kappa shape index (κ3) is 3.90. The molecule has 0 fully saturated rings. The number of rotatable bonds is 4. The number of aromatic nitrogens is 2. The molecule has 150 valence electrons. The zero-order valence-corrected chi connectivity index (χ0v) is 17.4. The number of aryl methyl sites for hydroxylation is 2. The van der Waals surface area contributed by atoms with Crippen molar-refractivity contribution >= 4 is 11.7 Å². The van der Waals surface area contributed by atoms with Crippen molar-refractivity contribution in [1.29, 1.82) is 0 Å². The largest absolute Gasteiger partial charge is 0.337 e. The zero-order chi connectivity index (χ0) is 20.4. The maximum atomic E-state index is 13.2. The lowest BCUT2D eigenvalue weighted by atomic mass is 9.86. The molecule has 3 aromatic rings. The van der Waals surface area contributed by atoms with E-state index >= 15 is 0 Å². The Kier molecular flexibility index (Phi) is 5.14. The highest BCUT2D eigenvalue weighted by Crippen LogP contribution is 2.38. The van der Waals surface area contributed by atoms with Crippen LogP contribution >= 0.6 is 0 Å². The average molecular weight is 389 g/mol. The molecule has 0 spiro atoms. The van der Waals surface area contributed by atoms with Gasteiger partial charge in [-0.1, -0.05) is 42.5 Å². The van der Waals surface area contributed by atoms with Crippen LogP contribution in [0.4, 0.5) is 10.5 Å². The molecule has 5 heteroatoms. The standard InChI is InChI=1S/C24H28N4O/c1-24(2)13-11-19-9-10-20(22-25-15-16-27(22)3)17-21(19)28(24)23(29)26-14-12-18-7-5-4-6-8-18/h4-10,15-17H,11-14H2,1-3H3,(H,26,29). The number of anilines is 1. The molecule has 0 saturated carbocycles. The highest BCUT2D eigenvalue weighted by atomic mass is 16.2. The van der Waals surface area contributed by atoms with E-state index in [4.69, 9.17) is 0 Å². The first kappa shape index (κ1) is 19.2. The van der Waals surface area contributed by atoms with Crippen molar-refractivity contribution in [2.45, 2.75) is 38.6 Å². The van der Waals surface area contributed by atoms with Gasteiger partial charge in [0.05, 0.1) is 0 Å². The average Bonchev–Trinajstić information content (AvgIpc) is 3.13. The maximum Gasteiger partial charge on any atom is 0.322 e. The maximum absolute atomic E-state index is 13.2. The van der Waals surface area contributed by atoms with E-state index in [0.29, 0.717) is 6.54 Å². The predicted octanol–water partition coefficient (Wildman–Crippen LogP) is 4.57. The van der Waals surface area contributed by atoms with Gasteiger partial charge in [-0.05, 0) is 50.3 Å². The van der Waals surface area contributed by atoms with Gasteiger partial charge in [-0.3, -0.25) is 4.90 Å².